The average molecular weight is 577 g/mol. The molecule has 1 saturated carbocycles. The molecule has 1 amide bonds. The lowest BCUT2D eigenvalue weighted by atomic mass is 9.84. The number of nitrogens with zero attached hydrogens (tertiary/aromatic N) is 4. The van der Waals surface area contributed by atoms with E-state index in [1.54, 1.807) is 30.2 Å². The molecule has 2 aromatic carbocycles. The van der Waals surface area contributed by atoms with Crippen LogP contribution < -0.4 is 0 Å². The number of carbonyl (C=O) groups is 3. The third-order valence-electron chi connectivity index (χ3n) is 8.49. The Morgan fingerprint density at radius 2 is 1.98 bits per heavy atom. The number of carbonyl (C=O) groups excluding carboxylic acids is 2. The molecular weight excluding hydrogens is 551 g/mol. The first kappa shape index (κ1) is 27.1. The summed E-state index contributed by atoms with van der Waals surface area (Å²) in [6.07, 6.45) is 2.26. The van der Waals surface area contributed by atoms with E-state index in [9.17, 15) is 24.8 Å². The number of fused-ring (bicyclic) bond motifs is 1. The number of hydrogen-bond donors (Lipinski definition) is 1. The lowest BCUT2D eigenvalue weighted by molar-refractivity contribution is -0.147. The fraction of sp³-hybridized carbons (Fsp3) is 0.367. The van der Waals surface area contributed by atoms with Gasteiger partial charge in [0.15, 0.2) is 0 Å². The monoisotopic (exact) mass is 576 g/mol. The van der Waals surface area contributed by atoms with Crippen LogP contribution in [0, 0.1) is 23.1 Å². The Labute approximate surface area is 240 Å². The Kier molecular flexibility index (Phi) is 6.67. The summed E-state index contributed by atoms with van der Waals surface area (Å²) >= 11 is 6.56. The molecule has 2 fully saturated rings. The van der Waals surface area contributed by atoms with E-state index in [-0.39, 0.29) is 45.8 Å². The second-order valence-corrected chi connectivity index (χ2v) is 11.3. The zero-order valence-electron chi connectivity index (χ0n) is 22.2. The number of halogens is 2. The average Bonchev–Trinajstić information content (AvgIpc) is 3.65. The van der Waals surface area contributed by atoms with Crippen molar-refractivity contribution in [2.24, 2.45) is 5.92 Å². The van der Waals surface area contributed by atoms with Crippen LogP contribution in [0.1, 0.15) is 56.8 Å². The number of amides is 1. The highest BCUT2D eigenvalue weighted by atomic mass is 35.5. The first-order valence-electron chi connectivity index (χ1n) is 13.4. The predicted molar refractivity (Wildman–Crippen MR) is 145 cm³/mol. The molecule has 1 N–H and O–H groups in total. The molecule has 1 aromatic heterocycles. The highest BCUT2D eigenvalue weighted by molar-refractivity contribution is 6.34. The molecule has 210 valence electrons. The van der Waals surface area contributed by atoms with E-state index in [4.69, 9.17) is 16.3 Å². The molecule has 1 atom stereocenters. The van der Waals surface area contributed by atoms with E-state index >= 15 is 4.39 Å². The Morgan fingerprint density at radius 3 is 2.61 bits per heavy atom. The zero-order chi connectivity index (χ0) is 29.1. The lowest BCUT2D eigenvalue weighted by Crippen LogP contribution is -2.56. The third-order valence-corrected chi connectivity index (χ3v) is 8.80. The summed E-state index contributed by atoms with van der Waals surface area (Å²) in [6.45, 7) is 1.00. The van der Waals surface area contributed by atoms with Gasteiger partial charge >= 0.3 is 5.97 Å². The van der Waals surface area contributed by atoms with Crippen molar-refractivity contribution >= 4 is 29.4 Å². The number of nitriles is 1. The summed E-state index contributed by atoms with van der Waals surface area (Å²) in [5, 5.41) is 23.9. The molecule has 6 rings (SSSR count). The number of benzene rings is 2. The number of carboxylic acid groups (broad SMARTS) is 1. The van der Waals surface area contributed by atoms with E-state index in [1.165, 1.54) is 16.8 Å². The number of likely N-dealkylation sites (tertiary alicyclic amines) is 1. The molecule has 0 bridgehead atoms. The van der Waals surface area contributed by atoms with Crippen LogP contribution in [0.15, 0.2) is 36.4 Å². The molecule has 3 aromatic rings. The maximum Gasteiger partial charge on any atom is 0.335 e. The zero-order valence-corrected chi connectivity index (χ0v) is 22.9. The number of rotatable bonds is 6. The van der Waals surface area contributed by atoms with E-state index in [1.807, 2.05) is 0 Å². The quantitative estimate of drug-likeness (QED) is 0.465. The molecular formula is C30H26ClFN4O5. The second-order valence-electron chi connectivity index (χ2n) is 10.9. The largest absolute Gasteiger partial charge is 0.478 e. The Balaban J connectivity index is 1.45. The van der Waals surface area contributed by atoms with Gasteiger partial charge in [0.1, 0.15) is 5.82 Å². The molecule has 0 unspecified atom stereocenters. The number of aromatic nitrogens is 2. The summed E-state index contributed by atoms with van der Waals surface area (Å²) < 4.78 is 21.7. The molecule has 9 nitrogen and oxygen atoms in total. The van der Waals surface area contributed by atoms with Gasteiger partial charge in [-0.2, -0.15) is 15.0 Å². The van der Waals surface area contributed by atoms with Crippen LogP contribution in [0.5, 0.6) is 0 Å². The van der Waals surface area contributed by atoms with Gasteiger partial charge in [-0.05, 0) is 55.5 Å². The van der Waals surface area contributed by atoms with Crippen molar-refractivity contribution in [2.45, 2.75) is 43.6 Å². The number of methoxy groups -OCH3 is 1. The summed E-state index contributed by atoms with van der Waals surface area (Å²) in [7, 11) is 1.61. The topological polar surface area (TPSA) is 126 Å². The van der Waals surface area contributed by atoms with Crippen molar-refractivity contribution in [3.63, 3.8) is 0 Å². The van der Waals surface area contributed by atoms with Gasteiger partial charge in [-0.15, -0.1) is 0 Å². The van der Waals surface area contributed by atoms with Crippen LogP contribution in [0.2, 0.25) is 5.02 Å². The fourth-order valence-corrected chi connectivity index (χ4v) is 6.14. The van der Waals surface area contributed by atoms with Gasteiger partial charge in [0.2, 0.25) is 5.91 Å². The molecule has 11 heteroatoms. The number of aromatic carboxylic acids is 1. The highest BCUT2D eigenvalue weighted by Crippen LogP contribution is 2.50. The van der Waals surface area contributed by atoms with Crippen molar-refractivity contribution in [1.82, 2.24) is 14.7 Å². The minimum atomic E-state index is -1.26. The lowest BCUT2D eigenvalue weighted by Gasteiger charge is -2.40. The van der Waals surface area contributed by atoms with Gasteiger partial charge in [-0.1, -0.05) is 23.7 Å². The van der Waals surface area contributed by atoms with E-state index < -0.39 is 29.0 Å². The molecule has 3 aliphatic rings. The first-order chi connectivity index (χ1) is 19.7. The normalized spacial score (nSPS) is 19.2. The minimum absolute atomic E-state index is 0.00193. The van der Waals surface area contributed by atoms with Crippen LogP contribution >= 0.6 is 11.6 Å². The van der Waals surface area contributed by atoms with Gasteiger partial charge in [0.05, 0.1) is 45.1 Å². The second kappa shape index (κ2) is 10.1. The van der Waals surface area contributed by atoms with Crippen LogP contribution in [0.25, 0.3) is 11.3 Å². The van der Waals surface area contributed by atoms with E-state index in [0.717, 1.165) is 6.07 Å². The standard InChI is InChI=1S/C30H26ClFN4O5/c1-41-18-13-35(14-18)27(37)16-5-8-20-24(12-16)36(34-26(20)19-7-6-17(29(39)40)11-23(19)32)28(38)25-21(3-2-4-22(25)31)30(15-33)9-10-30/h2-4,6-7,11,16,18H,5,8-10,12-14H2,1H3,(H,39,40)/t16-/m0/s1. The van der Waals surface area contributed by atoms with Crippen molar-refractivity contribution in [3.8, 4) is 17.3 Å². The fourth-order valence-electron chi connectivity index (χ4n) is 5.88. The summed E-state index contributed by atoms with van der Waals surface area (Å²) in [6, 6.07) is 10.9. The number of ether oxygens (including phenoxy) is 1. The van der Waals surface area contributed by atoms with Gasteiger partial charge in [0.25, 0.3) is 5.91 Å². The highest BCUT2D eigenvalue weighted by Gasteiger charge is 2.48. The Morgan fingerprint density at radius 1 is 1.22 bits per heavy atom. The van der Waals surface area contributed by atoms with Crippen molar-refractivity contribution in [1.29, 1.82) is 5.26 Å². The van der Waals surface area contributed by atoms with Crippen LogP contribution in [-0.2, 0) is 27.8 Å². The predicted octanol–water partition coefficient (Wildman–Crippen LogP) is 4.25. The smallest absolute Gasteiger partial charge is 0.335 e. The number of carboxylic acids is 1. The van der Waals surface area contributed by atoms with E-state index in [0.29, 0.717) is 55.6 Å². The maximum absolute atomic E-state index is 15.2. The maximum atomic E-state index is 15.2. The van der Waals surface area contributed by atoms with Crippen LogP contribution in [-0.4, -0.2) is 63.9 Å². The molecule has 2 aliphatic carbocycles. The van der Waals surface area contributed by atoms with Crippen LogP contribution in [0.4, 0.5) is 4.39 Å². The molecule has 41 heavy (non-hydrogen) atoms. The molecule has 0 spiro atoms. The Hall–Kier alpha value is -4.07. The summed E-state index contributed by atoms with van der Waals surface area (Å²) in [5.41, 5.74) is 1.04. The molecule has 1 saturated heterocycles. The van der Waals surface area contributed by atoms with Crippen molar-refractivity contribution in [2.75, 3.05) is 20.2 Å². The minimum Gasteiger partial charge on any atom is -0.478 e. The first-order valence-corrected chi connectivity index (χ1v) is 13.8. The van der Waals surface area contributed by atoms with Gasteiger partial charge in [-0.3, -0.25) is 9.59 Å². The SMILES string of the molecule is COC1CN(C(=O)[C@H]2CCc3c(-c4ccc(C(=O)O)cc4F)nn(C(=O)c4c(Cl)cccc4C4(C#N)CC4)c3C2)C1. The van der Waals surface area contributed by atoms with Gasteiger partial charge < -0.3 is 14.7 Å². The van der Waals surface area contributed by atoms with E-state index in [2.05, 4.69) is 11.2 Å². The Bertz CT molecular complexity index is 1650. The molecule has 0 radical (unpaired) electrons. The van der Waals surface area contributed by atoms with Gasteiger partial charge in [0, 0.05) is 43.7 Å². The summed E-state index contributed by atoms with van der Waals surface area (Å²) in [4.78, 5) is 40.6. The van der Waals surface area contributed by atoms with Crippen LogP contribution in [0.3, 0.4) is 0 Å². The number of hydrogen-bond acceptors (Lipinski definition) is 6. The van der Waals surface area contributed by atoms with Gasteiger partial charge in [-0.25, -0.2) is 9.18 Å². The molecule has 2 heterocycles. The molecule has 1 aliphatic heterocycles. The van der Waals surface area contributed by atoms with Crippen molar-refractivity contribution < 1.29 is 28.6 Å². The summed E-state index contributed by atoms with van der Waals surface area (Å²) in [5.74, 6) is -3.06. The third kappa shape index (κ3) is 4.49. The van der Waals surface area contributed by atoms with Crippen molar-refractivity contribution in [3.05, 3.63) is 75.2 Å².